The van der Waals surface area contributed by atoms with Gasteiger partial charge < -0.3 is 14.8 Å². The van der Waals surface area contributed by atoms with E-state index in [0.717, 1.165) is 35.2 Å². The molecule has 0 saturated carbocycles. The quantitative estimate of drug-likeness (QED) is 0.894. The molecule has 2 atom stereocenters. The molecule has 0 radical (unpaired) electrons. The highest BCUT2D eigenvalue weighted by Gasteiger charge is 2.28. The Morgan fingerprint density at radius 1 is 1.47 bits per heavy atom. The van der Waals surface area contributed by atoms with Crippen LogP contribution in [0.5, 0.6) is 5.75 Å². The van der Waals surface area contributed by atoms with Crippen molar-refractivity contribution in [2.75, 3.05) is 20.8 Å². The number of rotatable bonds is 4. The highest BCUT2D eigenvalue weighted by molar-refractivity contribution is 9.10. The van der Waals surface area contributed by atoms with Gasteiger partial charge in [-0.25, -0.2) is 0 Å². The monoisotopic (exact) mass is 347 g/mol. The zero-order chi connectivity index (χ0) is 13.8. The summed E-state index contributed by atoms with van der Waals surface area (Å²) in [5, 5.41) is 4.03. The van der Waals surface area contributed by atoms with Gasteiger partial charge in [0.1, 0.15) is 5.75 Å². The molecule has 3 nitrogen and oxygen atoms in total. The summed E-state index contributed by atoms with van der Waals surface area (Å²) in [5.41, 5.74) is 1.04. The minimum atomic E-state index is 0.0882. The van der Waals surface area contributed by atoms with E-state index in [1.807, 2.05) is 19.2 Å². The van der Waals surface area contributed by atoms with Crippen LogP contribution in [-0.2, 0) is 4.74 Å². The molecule has 1 aliphatic heterocycles. The predicted molar refractivity (Wildman–Crippen MR) is 81.1 cm³/mol. The van der Waals surface area contributed by atoms with Crippen molar-refractivity contribution in [3.05, 3.63) is 27.2 Å². The van der Waals surface area contributed by atoms with E-state index in [9.17, 15) is 0 Å². The molecule has 1 fully saturated rings. The molecule has 1 aromatic carbocycles. The molecule has 1 saturated heterocycles. The zero-order valence-electron chi connectivity index (χ0n) is 11.2. The lowest BCUT2D eigenvalue weighted by atomic mass is 9.95. The summed E-state index contributed by atoms with van der Waals surface area (Å²) in [6.45, 7) is 0.826. The van der Waals surface area contributed by atoms with Crippen molar-refractivity contribution in [2.45, 2.75) is 31.4 Å². The molecular weight excluding hydrogens is 330 g/mol. The average Bonchev–Trinajstić information content (AvgIpc) is 2.40. The van der Waals surface area contributed by atoms with E-state index < -0.39 is 0 Å². The number of hydrogen-bond donors (Lipinski definition) is 1. The van der Waals surface area contributed by atoms with Crippen LogP contribution in [-0.4, -0.2) is 26.9 Å². The standard InChI is InChI=1S/C14H19BrClNO2/c1-17-13(12-5-3-4-6-19-12)10-7-9(16)8-11(15)14(10)18-2/h7-8,12-13,17H,3-6H2,1-2H3. The number of ether oxygens (including phenoxy) is 2. The third kappa shape index (κ3) is 3.43. The molecule has 2 rings (SSSR count). The van der Waals surface area contributed by atoms with Crippen molar-refractivity contribution in [3.8, 4) is 5.75 Å². The van der Waals surface area contributed by atoms with Crippen molar-refractivity contribution in [3.63, 3.8) is 0 Å². The molecule has 0 aliphatic carbocycles. The van der Waals surface area contributed by atoms with Crippen LogP contribution in [0.25, 0.3) is 0 Å². The molecule has 1 heterocycles. The third-order valence-electron chi connectivity index (χ3n) is 3.47. The van der Waals surface area contributed by atoms with Crippen molar-refractivity contribution in [2.24, 2.45) is 0 Å². The van der Waals surface area contributed by atoms with Crippen LogP contribution in [0.2, 0.25) is 5.02 Å². The fraction of sp³-hybridized carbons (Fsp3) is 0.571. The number of likely N-dealkylation sites (N-methyl/N-ethyl adjacent to an activating group) is 1. The number of methoxy groups -OCH3 is 1. The highest BCUT2D eigenvalue weighted by Crippen LogP contribution is 2.38. The van der Waals surface area contributed by atoms with Gasteiger partial charge in [0.2, 0.25) is 0 Å². The molecule has 106 valence electrons. The fourth-order valence-electron chi connectivity index (χ4n) is 2.60. The maximum atomic E-state index is 6.16. The number of nitrogens with one attached hydrogen (secondary N) is 1. The van der Waals surface area contributed by atoms with Crippen LogP contribution >= 0.6 is 27.5 Å². The normalized spacial score (nSPS) is 21.2. The average molecular weight is 349 g/mol. The molecule has 0 spiro atoms. The van der Waals surface area contributed by atoms with E-state index in [1.54, 1.807) is 7.11 Å². The van der Waals surface area contributed by atoms with E-state index in [2.05, 4.69) is 21.2 Å². The first kappa shape index (κ1) is 15.1. The largest absolute Gasteiger partial charge is 0.495 e. The van der Waals surface area contributed by atoms with Gasteiger partial charge in [0.25, 0.3) is 0 Å². The van der Waals surface area contributed by atoms with Gasteiger partial charge in [0.05, 0.1) is 23.7 Å². The minimum absolute atomic E-state index is 0.0882. The minimum Gasteiger partial charge on any atom is -0.495 e. The molecule has 1 N–H and O–H groups in total. The second-order valence-corrected chi connectivity index (χ2v) is 5.97. The predicted octanol–water partition coefficient (Wildman–Crippen LogP) is 3.94. The maximum absolute atomic E-state index is 6.16. The fourth-order valence-corrected chi connectivity index (χ4v) is 3.59. The lowest BCUT2D eigenvalue weighted by Gasteiger charge is -2.31. The second kappa shape index (κ2) is 6.93. The van der Waals surface area contributed by atoms with Gasteiger partial charge in [0, 0.05) is 17.2 Å². The zero-order valence-corrected chi connectivity index (χ0v) is 13.6. The molecule has 19 heavy (non-hydrogen) atoms. The van der Waals surface area contributed by atoms with Crippen molar-refractivity contribution in [1.29, 1.82) is 0 Å². The molecule has 1 aliphatic rings. The van der Waals surface area contributed by atoms with Gasteiger partial charge >= 0.3 is 0 Å². The van der Waals surface area contributed by atoms with E-state index in [-0.39, 0.29) is 12.1 Å². The highest BCUT2D eigenvalue weighted by atomic mass is 79.9. The van der Waals surface area contributed by atoms with Crippen LogP contribution in [0.4, 0.5) is 0 Å². The maximum Gasteiger partial charge on any atom is 0.138 e. The Morgan fingerprint density at radius 3 is 2.84 bits per heavy atom. The lowest BCUT2D eigenvalue weighted by Crippen LogP contribution is -2.34. The Labute approximate surface area is 127 Å². The molecular formula is C14H19BrClNO2. The first-order valence-corrected chi connectivity index (χ1v) is 7.66. The summed E-state index contributed by atoms with van der Waals surface area (Å²) in [7, 11) is 3.61. The molecule has 0 aromatic heterocycles. The summed E-state index contributed by atoms with van der Waals surface area (Å²) in [4.78, 5) is 0. The van der Waals surface area contributed by atoms with Crippen molar-refractivity contribution >= 4 is 27.5 Å². The molecule has 5 heteroatoms. The Kier molecular flexibility index (Phi) is 5.51. The van der Waals surface area contributed by atoms with E-state index in [0.29, 0.717) is 5.02 Å². The first-order valence-electron chi connectivity index (χ1n) is 6.49. The van der Waals surface area contributed by atoms with Crippen LogP contribution in [0.15, 0.2) is 16.6 Å². The summed E-state index contributed by atoms with van der Waals surface area (Å²) in [5.74, 6) is 0.818. The topological polar surface area (TPSA) is 30.5 Å². The van der Waals surface area contributed by atoms with Gasteiger partial charge in [-0.05, 0) is 54.4 Å². The van der Waals surface area contributed by atoms with Gasteiger partial charge in [-0.1, -0.05) is 11.6 Å². The number of halogens is 2. The van der Waals surface area contributed by atoms with E-state index in [4.69, 9.17) is 21.1 Å². The van der Waals surface area contributed by atoms with Crippen molar-refractivity contribution in [1.82, 2.24) is 5.32 Å². The molecule has 1 aromatic rings. The third-order valence-corrected chi connectivity index (χ3v) is 4.28. The van der Waals surface area contributed by atoms with Crippen molar-refractivity contribution < 1.29 is 9.47 Å². The summed E-state index contributed by atoms with van der Waals surface area (Å²) in [6.07, 6.45) is 3.56. The molecule has 2 unspecified atom stereocenters. The Balaban J connectivity index is 2.36. The first-order chi connectivity index (χ1) is 9.17. The second-order valence-electron chi connectivity index (χ2n) is 4.68. The Bertz CT molecular complexity index is 436. The van der Waals surface area contributed by atoms with Gasteiger partial charge in [-0.15, -0.1) is 0 Å². The van der Waals surface area contributed by atoms with E-state index >= 15 is 0 Å². The molecule has 0 amide bonds. The number of benzene rings is 1. The van der Waals surface area contributed by atoms with E-state index in [1.165, 1.54) is 6.42 Å². The van der Waals surface area contributed by atoms with Crippen LogP contribution in [0.3, 0.4) is 0 Å². The summed E-state index contributed by atoms with van der Waals surface area (Å²) in [6, 6.07) is 3.88. The molecule has 0 bridgehead atoms. The SMILES string of the molecule is CNC(c1cc(Cl)cc(Br)c1OC)C1CCCCO1. The lowest BCUT2D eigenvalue weighted by molar-refractivity contribution is -0.00706. The smallest absolute Gasteiger partial charge is 0.138 e. The Morgan fingerprint density at radius 2 is 2.26 bits per heavy atom. The summed E-state index contributed by atoms with van der Waals surface area (Å²) >= 11 is 9.67. The van der Waals surface area contributed by atoms with Gasteiger partial charge in [0.15, 0.2) is 0 Å². The number of hydrogen-bond acceptors (Lipinski definition) is 3. The van der Waals surface area contributed by atoms with Crippen LogP contribution in [0.1, 0.15) is 30.9 Å². The van der Waals surface area contributed by atoms with Crippen LogP contribution in [0, 0.1) is 0 Å². The van der Waals surface area contributed by atoms with Gasteiger partial charge in [-0.2, -0.15) is 0 Å². The Hall–Kier alpha value is -0.290. The van der Waals surface area contributed by atoms with Crippen LogP contribution < -0.4 is 10.1 Å². The van der Waals surface area contributed by atoms with Gasteiger partial charge in [-0.3, -0.25) is 0 Å². The summed E-state index contributed by atoms with van der Waals surface area (Å²) < 4.78 is 12.3.